The third-order valence-corrected chi connectivity index (χ3v) is 2.66. The maximum absolute atomic E-state index is 3.37. The molecule has 2 fully saturated rings. The van der Waals surface area contributed by atoms with Crippen molar-refractivity contribution < 1.29 is 0 Å². The summed E-state index contributed by atoms with van der Waals surface area (Å²) in [6.45, 7) is 3.52. The van der Waals surface area contributed by atoms with E-state index in [1.807, 2.05) is 0 Å². The minimum absolute atomic E-state index is 0.679. The Hall–Kier alpha value is -0.0800. The average molecular weight is 126 g/mol. The zero-order chi connectivity index (χ0) is 6.16. The summed E-state index contributed by atoms with van der Waals surface area (Å²) in [6, 6.07) is 0. The van der Waals surface area contributed by atoms with Crippen molar-refractivity contribution in [3.05, 3.63) is 0 Å². The van der Waals surface area contributed by atoms with Crippen LogP contribution < -0.4 is 10.6 Å². The Morgan fingerprint density at radius 3 is 2.00 bits per heavy atom. The molecule has 0 aromatic heterocycles. The van der Waals surface area contributed by atoms with Crippen LogP contribution in [-0.4, -0.2) is 19.8 Å². The van der Waals surface area contributed by atoms with Gasteiger partial charge in [-0.2, -0.15) is 0 Å². The van der Waals surface area contributed by atoms with Gasteiger partial charge >= 0.3 is 0 Å². The third-order valence-electron chi connectivity index (χ3n) is 2.66. The van der Waals surface area contributed by atoms with Gasteiger partial charge in [-0.15, -0.1) is 0 Å². The molecule has 0 bridgehead atoms. The van der Waals surface area contributed by atoms with Crippen LogP contribution in [0.25, 0.3) is 0 Å². The molecule has 0 aromatic carbocycles. The predicted octanol–water partition coefficient (Wildman–Crippen LogP) is 0.307. The maximum atomic E-state index is 3.37. The normalized spacial score (nSPS) is 32.0. The summed E-state index contributed by atoms with van der Waals surface area (Å²) >= 11 is 0. The first-order chi connectivity index (χ1) is 4.41. The molecule has 0 radical (unpaired) electrons. The van der Waals surface area contributed by atoms with Gasteiger partial charge in [0.1, 0.15) is 0 Å². The minimum atomic E-state index is 0.679. The molecule has 1 aliphatic carbocycles. The maximum Gasteiger partial charge on any atom is 0.0454 e. The van der Waals surface area contributed by atoms with Crippen LogP contribution in [0.5, 0.6) is 0 Å². The van der Waals surface area contributed by atoms with Crippen LogP contribution in [0.15, 0.2) is 0 Å². The van der Waals surface area contributed by atoms with Crippen molar-refractivity contribution in [2.75, 3.05) is 19.8 Å². The molecule has 0 unspecified atom stereocenters. The van der Waals surface area contributed by atoms with Gasteiger partial charge in [0, 0.05) is 19.8 Å². The van der Waals surface area contributed by atoms with Gasteiger partial charge < -0.3 is 10.6 Å². The highest BCUT2D eigenvalue weighted by Crippen LogP contribution is 2.40. The van der Waals surface area contributed by atoms with Gasteiger partial charge in [0.25, 0.3) is 0 Å². The lowest BCUT2D eigenvalue weighted by Crippen LogP contribution is -2.54. The topological polar surface area (TPSA) is 24.1 Å². The fraction of sp³-hybridized carbons (Fsp3) is 1.00. The van der Waals surface area contributed by atoms with Crippen molar-refractivity contribution in [3.63, 3.8) is 0 Å². The van der Waals surface area contributed by atoms with E-state index in [2.05, 4.69) is 10.6 Å². The largest absolute Gasteiger partial charge is 0.304 e. The van der Waals surface area contributed by atoms with Gasteiger partial charge in [-0.25, -0.2) is 0 Å². The van der Waals surface area contributed by atoms with Gasteiger partial charge in [-0.05, 0) is 18.3 Å². The van der Waals surface area contributed by atoms with Gasteiger partial charge in [0.05, 0.1) is 0 Å². The first kappa shape index (κ1) is 5.69. The van der Waals surface area contributed by atoms with E-state index in [-0.39, 0.29) is 0 Å². The summed E-state index contributed by atoms with van der Waals surface area (Å²) in [5.74, 6) is 0. The highest BCUT2D eigenvalue weighted by Gasteiger charge is 2.37. The third kappa shape index (κ3) is 0.864. The van der Waals surface area contributed by atoms with Crippen LogP contribution in [0.4, 0.5) is 0 Å². The van der Waals surface area contributed by atoms with Gasteiger partial charge in [-0.3, -0.25) is 0 Å². The molecule has 1 saturated heterocycles. The molecule has 2 aliphatic rings. The van der Waals surface area contributed by atoms with Crippen LogP contribution >= 0.6 is 0 Å². The molecule has 52 valence electrons. The van der Waals surface area contributed by atoms with E-state index in [9.17, 15) is 0 Å². The SMILES string of the molecule is C1CC2(C1)CNCNC2. The van der Waals surface area contributed by atoms with Crippen molar-refractivity contribution >= 4 is 0 Å². The van der Waals surface area contributed by atoms with Crippen LogP contribution in [0.1, 0.15) is 19.3 Å². The Bertz CT molecular complexity index is 99.5. The molecule has 9 heavy (non-hydrogen) atoms. The van der Waals surface area contributed by atoms with Crippen LogP contribution in [0.2, 0.25) is 0 Å². The van der Waals surface area contributed by atoms with Gasteiger partial charge in [-0.1, -0.05) is 6.42 Å². The zero-order valence-corrected chi connectivity index (χ0v) is 5.74. The van der Waals surface area contributed by atoms with E-state index >= 15 is 0 Å². The summed E-state index contributed by atoms with van der Waals surface area (Å²) < 4.78 is 0. The first-order valence-corrected chi connectivity index (χ1v) is 3.83. The Kier molecular flexibility index (Phi) is 1.24. The number of hydrogen-bond acceptors (Lipinski definition) is 2. The number of nitrogens with one attached hydrogen (secondary N) is 2. The van der Waals surface area contributed by atoms with Crippen LogP contribution in [0, 0.1) is 5.41 Å². The predicted molar refractivity (Wildman–Crippen MR) is 37.2 cm³/mol. The van der Waals surface area contributed by atoms with Gasteiger partial charge in [0.15, 0.2) is 0 Å². The Morgan fingerprint density at radius 2 is 1.67 bits per heavy atom. The molecule has 1 aliphatic heterocycles. The molecule has 2 nitrogen and oxygen atoms in total. The summed E-state index contributed by atoms with van der Waals surface area (Å²) in [7, 11) is 0. The molecule has 2 N–H and O–H groups in total. The summed E-state index contributed by atoms with van der Waals surface area (Å²) in [5, 5.41) is 6.73. The fourth-order valence-corrected chi connectivity index (χ4v) is 1.84. The molecular weight excluding hydrogens is 112 g/mol. The van der Waals surface area contributed by atoms with Crippen molar-refractivity contribution in [2.24, 2.45) is 5.41 Å². The molecule has 0 atom stereocenters. The van der Waals surface area contributed by atoms with Crippen molar-refractivity contribution in [3.8, 4) is 0 Å². The van der Waals surface area contributed by atoms with E-state index in [0.29, 0.717) is 5.41 Å². The second-order valence-corrected chi connectivity index (χ2v) is 3.38. The van der Waals surface area contributed by atoms with E-state index in [4.69, 9.17) is 0 Å². The first-order valence-electron chi connectivity index (χ1n) is 3.83. The second-order valence-electron chi connectivity index (χ2n) is 3.38. The lowest BCUT2D eigenvalue weighted by Gasteiger charge is -2.45. The Morgan fingerprint density at radius 1 is 1.00 bits per heavy atom. The monoisotopic (exact) mass is 126 g/mol. The Balaban J connectivity index is 1.93. The molecule has 2 rings (SSSR count). The van der Waals surface area contributed by atoms with E-state index in [1.165, 1.54) is 32.4 Å². The van der Waals surface area contributed by atoms with Gasteiger partial charge in [0.2, 0.25) is 0 Å². The second kappa shape index (κ2) is 1.96. The van der Waals surface area contributed by atoms with Crippen molar-refractivity contribution in [1.29, 1.82) is 0 Å². The summed E-state index contributed by atoms with van der Waals surface area (Å²) in [4.78, 5) is 0. The summed E-state index contributed by atoms with van der Waals surface area (Å²) in [5.41, 5.74) is 0.679. The van der Waals surface area contributed by atoms with E-state index in [1.54, 1.807) is 0 Å². The van der Waals surface area contributed by atoms with Crippen LogP contribution in [-0.2, 0) is 0 Å². The Labute approximate surface area is 56.0 Å². The molecule has 0 amide bonds. The lowest BCUT2D eigenvalue weighted by atomic mass is 9.68. The van der Waals surface area contributed by atoms with Crippen molar-refractivity contribution in [2.45, 2.75) is 19.3 Å². The molecule has 1 spiro atoms. The molecule has 2 heteroatoms. The standard InChI is InChI=1S/C7H14N2/c1-2-7(3-1)4-8-6-9-5-7/h8-9H,1-6H2. The van der Waals surface area contributed by atoms with Crippen LogP contribution in [0.3, 0.4) is 0 Å². The minimum Gasteiger partial charge on any atom is -0.304 e. The highest BCUT2D eigenvalue weighted by atomic mass is 15.1. The van der Waals surface area contributed by atoms with Crippen molar-refractivity contribution in [1.82, 2.24) is 10.6 Å². The number of hydrogen-bond donors (Lipinski definition) is 2. The van der Waals surface area contributed by atoms with E-state index < -0.39 is 0 Å². The highest BCUT2D eigenvalue weighted by molar-refractivity contribution is 4.93. The molecule has 1 saturated carbocycles. The quantitative estimate of drug-likeness (QED) is 0.488. The zero-order valence-electron chi connectivity index (χ0n) is 5.74. The average Bonchev–Trinajstić information content (AvgIpc) is 1.87. The summed E-state index contributed by atoms with van der Waals surface area (Å²) in [6.07, 6.45) is 4.32. The smallest absolute Gasteiger partial charge is 0.0454 e. The fourth-order valence-electron chi connectivity index (χ4n) is 1.84. The molecule has 0 aromatic rings. The number of rotatable bonds is 0. The van der Waals surface area contributed by atoms with E-state index in [0.717, 1.165) is 6.67 Å². The molecule has 1 heterocycles. The lowest BCUT2D eigenvalue weighted by molar-refractivity contribution is 0.103. The molecular formula is C7H14N2.